The van der Waals surface area contributed by atoms with Crippen LogP contribution in [0.5, 0.6) is 0 Å². The van der Waals surface area contributed by atoms with Gasteiger partial charge < -0.3 is 15.0 Å². The van der Waals surface area contributed by atoms with E-state index in [1.807, 2.05) is 19.1 Å². The van der Waals surface area contributed by atoms with Crippen molar-refractivity contribution in [3.8, 4) is 11.4 Å². The molecule has 18 heavy (non-hydrogen) atoms. The molecule has 0 bridgehead atoms. The highest BCUT2D eigenvalue weighted by atomic mass is 16.5. The van der Waals surface area contributed by atoms with Gasteiger partial charge in [0.05, 0.1) is 17.8 Å². The molecule has 2 aromatic rings. The Kier molecular flexibility index (Phi) is 3.69. The van der Waals surface area contributed by atoms with E-state index in [-0.39, 0.29) is 12.1 Å². The predicted molar refractivity (Wildman–Crippen MR) is 65.6 cm³/mol. The van der Waals surface area contributed by atoms with Crippen LogP contribution in [0.3, 0.4) is 0 Å². The van der Waals surface area contributed by atoms with Crippen molar-refractivity contribution in [1.29, 1.82) is 0 Å². The van der Waals surface area contributed by atoms with Crippen LogP contribution in [-0.2, 0) is 4.74 Å². The summed E-state index contributed by atoms with van der Waals surface area (Å²) < 4.78 is 10.3. The summed E-state index contributed by atoms with van der Waals surface area (Å²) >= 11 is 0. The summed E-state index contributed by atoms with van der Waals surface area (Å²) in [7, 11) is 1.64. The van der Waals surface area contributed by atoms with Crippen LogP contribution in [0.1, 0.15) is 37.6 Å². The van der Waals surface area contributed by atoms with Crippen molar-refractivity contribution in [2.75, 3.05) is 7.11 Å². The van der Waals surface area contributed by atoms with Gasteiger partial charge in [-0.2, -0.15) is 4.98 Å². The molecule has 2 atom stereocenters. The van der Waals surface area contributed by atoms with Crippen molar-refractivity contribution in [3.63, 3.8) is 0 Å². The van der Waals surface area contributed by atoms with E-state index in [0.717, 1.165) is 11.3 Å². The van der Waals surface area contributed by atoms with Gasteiger partial charge in [-0.25, -0.2) is 0 Å². The quantitative estimate of drug-likeness (QED) is 0.888. The first-order valence-electron chi connectivity index (χ1n) is 5.70. The van der Waals surface area contributed by atoms with Crippen LogP contribution in [0, 0.1) is 0 Å². The lowest BCUT2D eigenvalue weighted by Gasteiger charge is -2.08. The molecule has 2 rings (SSSR count). The van der Waals surface area contributed by atoms with Crippen LogP contribution in [0.15, 0.2) is 22.9 Å². The Morgan fingerprint density at radius 3 is 2.78 bits per heavy atom. The number of nitrogens with zero attached hydrogens (tertiary/aromatic N) is 3. The summed E-state index contributed by atoms with van der Waals surface area (Å²) in [4.78, 5) is 8.48. The highest BCUT2D eigenvalue weighted by Crippen LogP contribution is 2.21. The first-order valence-corrected chi connectivity index (χ1v) is 5.70. The first-order chi connectivity index (χ1) is 8.61. The number of pyridine rings is 1. The van der Waals surface area contributed by atoms with Crippen molar-refractivity contribution in [1.82, 2.24) is 15.1 Å². The monoisotopic (exact) mass is 248 g/mol. The van der Waals surface area contributed by atoms with E-state index in [0.29, 0.717) is 11.7 Å². The maximum absolute atomic E-state index is 5.68. The van der Waals surface area contributed by atoms with Gasteiger partial charge in [0.25, 0.3) is 0 Å². The van der Waals surface area contributed by atoms with Crippen LogP contribution in [0.2, 0.25) is 0 Å². The van der Waals surface area contributed by atoms with Gasteiger partial charge in [0, 0.05) is 18.9 Å². The second-order valence-corrected chi connectivity index (χ2v) is 4.09. The van der Waals surface area contributed by atoms with Crippen molar-refractivity contribution in [2.45, 2.75) is 26.0 Å². The molecule has 2 aromatic heterocycles. The van der Waals surface area contributed by atoms with E-state index >= 15 is 0 Å². The zero-order valence-electron chi connectivity index (χ0n) is 10.6. The molecule has 2 N–H and O–H groups in total. The molecule has 0 aliphatic rings. The predicted octanol–water partition coefficient (Wildman–Crippen LogP) is 1.86. The molecule has 6 nitrogen and oxygen atoms in total. The smallest absolute Gasteiger partial charge is 0.243 e. The van der Waals surface area contributed by atoms with E-state index in [4.69, 9.17) is 15.0 Å². The third-order valence-electron chi connectivity index (χ3n) is 2.64. The van der Waals surface area contributed by atoms with E-state index in [2.05, 4.69) is 15.1 Å². The Hall–Kier alpha value is -1.79. The largest absolute Gasteiger partial charge is 0.375 e. The lowest BCUT2D eigenvalue weighted by Crippen LogP contribution is -2.04. The number of hydrogen-bond donors (Lipinski definition) is 1. The lowest BCUT2D eigenvalue weighted by atomic mass is 10.1. The van der Waals surface area contributed by atoms with Gasteiger partial charge in [-0.1, -0.05) is 5.16 Å². The van der Waals surface area contributed by atoms with Crippen molar-refractivity contribution in [2.24, 2.45) is 5.73 Å². The van der Waals surface area contributed by atoms with Gasteiger partial charge in [0.15, 0.2) is 0 Å². The van der Waals surface area contributed by atoms with Gasteiger partial charge >= 0.3 is 0 Å². The Balaban J connectivity index is 2.32. The fourth-order valence-corrected chi connectivity index (χ4v) is 1.47. The molecule has 0 amide bonds. The third-order valence-corrected chi connectivity index (χ3v) is 2.64. The molecular weight excluding hydrogens is 232 g/mol. The van der Waals surface area contributed by atoms with Crippen molar-refractivity contribution in [3.05, 3.63) is 29.9 Å². The lowest BCUT2D eigenvalue weighted by molar-refractivity contribution is 0.116. The number of rotatable bonds is 4. The number of aromatic nitrogens is 3. The maximum Gasteiger partial charge on any atom is 0.243 e. The molecule has 0 fully saturated rings. The molecule has 0 aliphatic heterocycles. The van der Waals surface area contributed by atoms with E-state index in [1.54, 1.807) is 20.2 Å². The second-order valence-electron chi connectivity index (χ2n) is 4.09. The molecule has 0 saturated carbocycles. The SMILES string of the molecule is COC(C)c1cc(-c2noc([C@H](C)N)n2)ccn1. The summed E-state index contributed by atoms with van der Waals surface area (Å²) in [5, 5.41) is 3.90. The van der Waals surface area contributed by atoms with E-state index in [1.165, 1.54) is 0 Å². The van der Waals surface area contributed by atoms with Crippen LogP contribution in [-0.4, -0.2) is 22.2 Å². The summed E-state index contributed by atoms with van der Waals surface area (Å²) in [5.41, 5.74) is 7.33. The van der Waals surface area contributed by atoms with Crippen LogP contribution in [0.4, 0.5) is 0 Å². The summed E-state index contributed by atoms with van der Waals surface area (Å²) in [6.07, 6.45) is 1.62. The first kappa shape index (κ1) is 12.7. The summed E-state index contributed by atoms with van der Waals surface area (Å²) in [6.45, 7) is 3.72. The van der Waals surface area contributed by atoms with Crippen LogP contribution >= 0.6 is 0 Å². The topological polar surface area (TPSA) is 87.1 Å². The zero-order chi connectivity index (χ0) is 13.1. The van der Waals surface area contributed by atoms with Gasteiger partial charge in [-0.3, -0.25) is 4.98 Å². The molecule has 0 aromatic carbocycles. The minimum Gasteiger partial charge on any atom is -0.375 e. The second kappa shape index (κ2) is 5.24. The molecular formula is C12H16N4O2. The van der Waals surface area contributed by atoms with Gasteiger partial charge in [-0.15, -0.1) is 0 Å². The van der Waals surface area contributed by atoms with Crippen molar-refractivity contribution < 1.29 is 9.26 Å². The Morgan fingerprint density at radius 1 is 1.39 bits per heavy atom. The molecule has 6 heteroatoms. The van der Waals surface area contributed by atoms with Gasteiger partial charge in [0.1, 0.15) is 0 Å². The molecule has 0 saturated heterocycles. The maximum atomic E-state index is 5.68. The van der Waals surface area contributed by atoms with Crippen molar-refractivity contribution >= 4 is 0 Å². The average molecular weight is 248 g/mol. The Labute approximate surface area is 105 Å². The van der Waals surface area contributed by atoms with E-state index < -0.39 is 0 Å². The molecule has 0 spiro atoms. The Bertz CT molecular complexity index is 524. The van der Waals surface area contributed by atoms with Gasteiger partial charge in [0.2, 0.25) is 11.7 Å². The highest BCUT2D eigenvalue weighted by Gasteiger charge is 2.13. The molecule has 2 heterocycles. The Morgan fingerprint density at radius 2 is 2.17 bits per heavy atom. The number of ether oxygens (including phenoxy) is 1. The fraction of sp³-hybridized carbons (Fsp3) is 0.417. The standard InChI is InChI=1S/C12H16N4O2/c1-7(13)12-15-11(16-18-12)9-4-5-14-10(6-9)8(2)17-3/h4-8H,13H2,1-3H3/t7-,8?/m0/s1. The molecule has 1 unspecified atom stereocenters. The summed E-state index contributed by atoms with van der Waals surface area (Å²) in [6, 6.07) is 3.43. The van der Waals surface area contributed by atoms with Crippen LogP contribution < -0.4 is 5.73 Å². The van der Waals surface area contributed by atoms with E-state index in [9.17, 15) is 0 Å². The minimum atomic E-state index is -0.273. The fourth-order valence-electron chi connectivity index (χ4n) is 1.47. The molecule has 0 radical (unpaired) electrons. The van der Waals surface area contributed by atoms with Gasteiger partial charge in [-0.05, 0) is 26.0 Å². The third kappa shape index (κ3) is 2.55. The number of hydrogen-bond acceptors (Lipinski definition) is 6. The highest BCUT2D eigenvalue weighted by molar-refractivity contribution is 5.54. The zero-order valence-corrected chi connectivity index (χ0v) is 10.6. The molecule has 96 valence electrons. The number of methoxy groups -OCH3 is 1. The molecule has 0 aliphatic carbocycles. The number of nitrogens with two attached hydrogens (primary N) is 1. The summed E-state index contributed by atoms with van der Waals surface area (Å²) in [5.74, 6) is 0.928. The average Bonchev–Trinajstić information content (AvgIpc) is 2.88. The normalized spacial score (nSPS) is 14.4. The van der Waals surface area contributed by atoms with Crippen LogP contribution in [0.25, 0.3) is 11.4 Å². The minimum absolute atomic E-state index is 0.0789.